The Labute approximate surface area is 290 Å². The second kappa shape index (κ2) is 16.7. The minimum Gasteiger partial charge on any atom is -0.347 e. The molecule has 0 aromatic carbocycles. The summed E-state index contributed by atoms with van der Waals surface area (Å²) in [4.78, 5) is 87.4. The number of ketones is 1. The maximum atomic E-state index is 14.5. The monoisotopic (exact) mass is 680 g/mol. The van der Waals surface area contributed by atoms with E-state index in [1.807, 2.05) is 41.5 Å². The van der Waals surface area contributed by atoms with Crippen molar-refractivity contribution in [1.82, 2.24) is 31.2 Å². The Morgan fingerprint density at radius 1 is 0.918 bits per heavy atom. The Morgan fingerprint density at radius 2 is 1.61 bits per heavy atom. The lowest BCUT2D eigenvalue weighted by molar-refractivity contribution is -0.146. The molecule has 5 amide bonds. The molecule has 1 aliphatic heterocycles. The van der Waals surface area contributed by atoms with Crippen molar-refractivity contribution < 1.29 is 28.8 Å². The first-order chi connectivity index (χ1) is 23.2. The lowest BCUT2D eigenvalue weighted by Crippen LogP contribution is -2.62. The van der Waals surface area contributed by atoms with Crippen LogP contribution < -0.4 is 21.3 Å². The molecular formula is C37H56N6O6. The normalized spacial score (nSPS) is 21.7. The van der Waals surface area contributed by atoms with E-state index in [9.17, 15) is 28.8 Å². The maximum Gasteiger partial charge on any atom is 0.289 e. The van der Waals surface area contributed by atoms with E-state index in [0.29, 0.717) is 25.8 Å². The molecule has 0 unspecified atom stereocenters. The molecule has 1 aromatic rings. The maximum absolute atomic E-state index is 14.5. The molecule has 1 saturated heterocycles. The minimum absolute atomic E-state index is 0.00766. The number of likely N-dealkylation sites (tertiary alicyclic amines) is 1. The zero-order valence-electron chi connectivity index (χ0n) is 30.1. The van der Waals surface area contributed by atoms with Gasteiger partial charge >= 0.3 is 0 Å². The van der Waals surface area contributed by atoms with Crippen molar-refractivity contribution in [2.75, 3.05) is 6.54 Å². The summed E-state index contributed by atoms with van der Waals surface area (Å²) >= 11 is 0. The minimum atomic E-state index is -1.00. The number of nitrogens with zero attached hydrogens (tertiary/aromatic N) is 2. The van der Waals surface area contributed by atoms with Gasteiger partial charge in [-0.25, -0.2) is 0 Å². The first-order valence-corrected chi connectivity index (χ1v) is 18.2. The summed E-state index contributed by atoms with van der Waals surface area (Å²) in [5, 5.41) is 11.5. The van der Waals surface area contributed by atoms with E-state index in [0.717, 1.165) is 44.9 Å². The molecule has 4 rings (SSSR count). The SMILES string of the molecule is CCC[C@H](NC(=O)[C@@H]1[C@@H](C(C)C)CCN1C(=O)[C@@H](NC(=O)[C@@H](NC(=O)c1ccccn1)C1CCCCC1)C(C)(C)C)C(=O)C(=O)NC1CC1. The second-order valence-electron chi connectivity index (χ2n) is 15.5. The van der Waals surface area contributed by atoms with Crippen molar-refractivity contribution in [3.63, 3.8) is 0 Å². The highest BCUT2D eigenvalue weighted by Gasteiger charge is 2.48. The molecule has 2 saturated carbocycles. The highest BCUT2D eigenvalue weighted by Crippen LogP contribution is 2.34. The number of hydrogen-bond donors (Lipinski definition) is 4. The van der Waals surface area contributed by atoms with Crippen LogP contribution in [0.1, 0.15) is 116 Å². The van der Waals surface area contributed by atoms with Crippen LogP contribution in [-0.4, -0.2) is 82.0 Å². The molecule has 12 nitrogen and oxygen atoms in total. The van der Waals surface area contributed by atoms with E-state index in [1.165, 1.54) is 11.1 Å². The molecule has 3 aliphatic rings. The van der Waals surface area contributed by atoms with Crippen molar-refractivity contribution in [3.05, 3.63) is 30.1 Å². The first kappa shape index (κ1) is 38.0. The average Bonchev–Trinajstić information content (AvgIpc) is 3.77. The molecule has 2 aliphatic carbocycles. The van der Waals surface area contributed by atoms with Crippen LogP contribution in [-0.2, 0) is 24.0 Å². The summed E-state index contributed by atoms with van der Waals surface area (Å²) < 4.78 is 0. The first-order valence-electron chi connectivity index (χ1n) is 18.2. The molecule has 5 atom stereocenters. The van der Waals surface area contributed by atoms with Crippen LogP contribution in [0.2, 0.25) is 0 Å². The summed E-state index contributed by atoms with van der Waals surface area (Å²) in [6.45, 7) is 11.8. The van der Waals surface area contributed by atoms with Crippen LogP contribution in [0.3, 0.4) is 0 Å². The Bertz CT molecular complexity index is 1350. The topological polar surface area (TPSA) is 167 Å². The second-order valence-corrected chi connectivity index (χ2v) is 15.5. The predicted molar refractivity (Wildman–Crippen MR) is 185 cm³/mol. The number of hydrogen-bond acceptors (Lipinski definition) is 7. The third kappa shape index (κ3) is 9.88. The van der Waals surface area contributed by atoms with Gasteiger partial charge in [-0.1, -0.05) is 73.3 Å². The summed E-state index contributed by atoms with van der Waals surface area (Å²) in [7, 11) is 0. The van der Waals surface area contributed by atoms with Crippen molar-refractivity contribution in [3.8, 4) is 0 Å². The van der Waals surface area contributed by atoms with E-state index >= 15 is 0 Å². The summed E-state index contributed by atoms with van der Waals surface area (Å²) in [5.74, 6) is -3.39. The Balaban J connectivity index is 1.56. The molecule has 3 fully saturated rings. The van der Waals surface area contributed by atoms with Crippen molar-refractivity contribution >= 4 is 35.3 Å². The average molecular weight is 681 g/mol. The number of carbonyl (C=O) groups excluding carboxylic acids is 6. The highest BCUT2D eigenvalue weighted by atomic mass is 16.2. The lowest BCUT2D eigenvalue weighted by atomic mass is 9.82. The molecule has 270 valence electrons. The fourth-order valence-corrected chi connectivity index (χ4v) is 7.18. The number of amides is 5. The van der Waals surface area contributed by atoms with Crippen molar-refractivity contribution in [1.29, 1.82) is 0 Å². The van der Waals surface area contributed by atoms with Crippen LogP contribution >= 0.6 is 0 Å². The molecule has 1 aromatic heterocycles. The quantitative estimate of drug-likeness (QED) is 0.219. The van der Waals surface area contributed by atoms with Gasteiger partial charge < -0.3 is 26.2 Å². The fraction of sp³-hybridized carbons (Fsp3) is 0.703. The lowest BCUT2D eigenvalue weighted by Gasteiger charge is -2.38. The molecule has 2 heterocycles. The largest absolute Gasteiger partial charge is 0.347 e. The van der Waals surface area contributed by atoms with Gasteiger partial charge in [0.15, 0.2) is 0 Å². The van der Waals surface area contributed by atoms with Crippen LogP contribution in [0.5, 0.6) is 0 Å². The van der Waals surface area contributed by atoms with Crippen LogP contribution in [0.4, 0.5) is 0 Å². The van der Waals surface area contributed by atoms with E-state index in [-0.39, 0.29) is 29.5 Å². The summed E-state index contributed by atoms with van der Waals surface area (Å²) in [6, 6.07) is 1.27. The van der Waals surface area contributed by atoms with Gasteiger partial charge in [-0.05, 0) is 73.8 Å². The zero-order valence-corrected chi connectivity index (χ0v) is 30.1. The van der Waals surface area contributed by atoms with Crippen LogP contribution in [0.15, 0.2) is 24.4 Å². The van der Waals surface area contributed by atoms with E-state index in [4.69, 9.17) is 0 Å². The third-order valence-corrected chi connectivity index (χ3v) is 10.2. The zero-order chi connectivity index (χ0) is 35.9. The van der Waals surface area contributed by atoms with Crippen molar-refractivity contribution in [2.45, 2.75) is 136 Å². The van der Waals surface area contributed by atoms with Gasteiger partial charge in [0.2, 0.25) is 23.5 Å². The standard InChI is InChI=1S/C37H56N6O6/c1-7-13-26(30(44)35(48)39-24-17-18-24)40-34(47)29-25(22(2)3)19-21-43(29)36(49)31(37(4,5)6)42-33(46)28(23-14-9-8-10-15-23)41-32(45)27-16-11-12-20-38-27/h11-12,16,20,22-26,28-29,31H,7-10,13-15,17-19,21H2,1-6H3,(H,39,48)(H,40,47)(H,41,45)(H,42,46)/t25-,26+,28+,29+,31-/m1/s1. The number of carbonyl (C=O) groups is 6. The third-order valence-electron chi connectivity index (χ3n) is 10.2. The molecular weight excluding hydrogens is 624 g/mol. The predicted octanol–water partition coefficient (Wildman–Crippen LogP) is 3.30. The Morgan fingerprint density at radius 3 is 2.18 bits per heavy atom. The number of nitrogens with one attached hydrogen (secondary N) is 4. The smallest absolute Gasteiger partial charge is 0.289 e. The molecule has 4 N–H and O–H groups in total. The molecule has 0 spiro atoms. The highest BCUT2D eigenvalue weighted by molar-refractivity contribution is 6.38. The van der Waals surface area contributed by atoms with E-state index < -0.39 is 64.9 Å². The molecule has 49 heavy (non-hydrogen) atoms. The summed E-state index contributed by atoms with van der Waals surface area (Å²) in [6.07, 6.45) is 9.14. The number of Topliss-reactive ketones (excluding diaryl/α,β-unsaturated/α-hetero) is 1. The fourth-order valence-electron chi connectivity index (χ4n) is 7.18. The van der Waals surface area contributed by atoms with E-state index in [2.05, 4.69) is 26.3 Å². The molecule has 0 radical (unpaired) electrons. The van der Waals surface area contributed by atoms with Gasteiger partial charge in [0, 0.05) is 18.8 Å². The van der Waals surface area contributed by atoms with Gasteiger partial charge in [0.25, 0.3) is 11.8 Å². The van der Waals surface area contributed by atoms with Gasteiger partial charge in [-0.2, -0.15) is 0 Å². The van der Waals surface area contributed by atoms with Crippen LogP contribution in [0, 0.1) is 23.2 Å². The van der Waals surface area contributed by atoms with Crippen LogP contribution in [0.25, 0.3) is 0 Å². The Kier molecular flexibility index (Phi) is 13.0. The number of aromatic nitrogens is 1. The van der Waals surface area contributed by atoms with Gasteiger partial charge in [-0.15, -0.1) is 0 Å². The number of pyridine rings is 1. The van der Waals surface area contributed by atoms with Gasteiger partial charge in [0.05, 0.1) is 6.04 Å². The van der Waals surface area contributed by atoms with E-state index in [1.54, 1.807) is 18.2 Å². The van der Waals surface area contributed by atoms with Gasteiger partial charge in [-0.3, -0.25) is 33.8 Å². The molecule has 12 heteroatoms. The summed E-state index contributed by atoms with van der Waals surface area (Å²) in [5.41, 5.74) is -0.539. The van der Waals surface area contributed by atoms with Gasteiger partial charge in [0.1, 0.15) is 23.8 Å². The van der Waals surface area contributed by atoms with Crippen molar-refractivity contribution in [2.24, 2.45) is 23.2 Å². The Hall–Kier alpha value is -3.83. The number of rotatable bonds is 14. The molecule has 0 bridgehead atoms.